The first-order chi connectivity index (χ1) is 9.78. The molecule has 0 aromatic carbocycles. The molecule has 20 heavy (non-hydrogen) atoms. The molecule has 1 aliphatic carbocycles. The Labute approximate surface area is 128 Å². The van der Waals surface area contributed by atoms with Crippen LogP contribution in [-0.4, -0.2) is 48.5 Å². The van der Waals surface area contributed by atoms with Gasteiger partial charge in [0.15, 0.2) is 0 Å². The molecular formula is C16H30N2OS. The molecule has 0 spiro atoms. The van der Waals surface area contributed by atoms with Gasteiger partial charge in [-0.05, 0) is 44.4 Å². The van der Waals surface area contributed by atoms with Crippen LogP contribution in [0.1, 0.15) is 51.4 Å². The molecule has 1 aliphatic heterocycles. The maximum atomic E-state index is 11.8. The number of rotatable bonds is 6. The Morgan fingerprint density at radius 3 is 2.75 bits per heavy atom. The standard InChI is InChI=1S/C16H30N2OS/c1-20-11-9-16(19)17-15-8-5-10-18(13-15)12-14-6-3-2-4-7-14/h14-15H,2-13H2,1H3,(H,17,19)/t15-/m1/s1. The largest absolute Gasteiger partial charge is 0.352 e. The van der Waals surface area contributed by atoms with E-state index in [1.165, 1.54) is 51.6 Å². The van der Waals surface area contributed by atoms with Crippen molar-refractivity contribution >= 4 is 17.7 Å². The van der Waals surface area contributed by atoms with Gasteiger partial charge in [0.2, 0.25) is 5.91 Å². The lowest BCUT2D eigenvalue weighted by atomic mass is 9.88. The highest BCUT2D eigenvalue weighted by Gasteiger charge is 2.24. The predicted molar refractivity (Wildman–Crippen MR) is 87.2 cm³/mol. The van der Waals surface area contributed by atoms with Gasteiger partial charge in [-0.15, -0.1) is 0 Å². The maximum absolute atomic E-state index is 11.8. The number of nitrogens with one attached hydrogen (secondary N) is 1. The third kappa shape index (κ3) is 5.65. The van der Waals surface area contributed by atoms with Crippen molar-refractivity contribution in [1.29, 1.82) is 0 Å². The maximum Gasteiger partial charge on any atom is 0.221 e. The second-order valence-electron chi connectivity index (χ2n) is 6.41. The summed E-state index contributed by atoms with van der Waals surface area (Å²) in [6.07, 6.45) is 12.2. The lowest BCUT2D eigenvalue weighted by molar-refractivity contribution is -0.121. The summed E-state index contributed by atoms with van der Waals surface area (Å²) < 4.78 is 0. The van der Waals surface area contributed by atoms with Gasteiger partial charge in [-0.3, -0.25) is 4.79 Å². The quantitative estimate of drug-likeness (QED) is 0.818. The van der Waals surface area contributed by atoms with Crippen LogP contribution < -0.4 is 5.32 Å². The zero-order valence-corrected chi connectivity index (χ0v) is 13.7. The van der Waals surface area contributed by atoms with Crippen LogP contribution in [0.25, 0.3) is 0 Å². The van der Waals surface area contributed by atoms with Crippen LogP contribution in [0.4, 0.5) is 0 Å². The van der Waals surface area contributed by atoms with Crippen molar-refractivity contribution in [2.45, 2.75) is 57.4 Å². The molecule has 4 heteroatoms. The third-order valence-corrected chi connectivity index (χ3v) is 5.26. The van der Waals surface area contributed by atoms with Crippen molar-refractivity contribution in [2.75, 3.05) is 31.6 Å². The number of piperidine rings is 1. The summed E-state index contributed by atoms with van der Waals surface area (Å²) in [7, 11) is 0. The fourth-order valence-electron chi connectivity index (χ4n) is 3.57. The van der Waals surface area contributed by atoms with E-state index in [1.54, 1.807) is 11.8 Å². The highest BCUT2D eigenvalue weighted by Crippen LogP contribution is 2.25. The minimum absolute atomic E-state index is 0.240. The molecule has 1 N–H and O–H groups in total. The molecule has 0 bridgehead atoms. The first-order valence-corrected chi connectivity index (χ1v) is 9.68. The van der Waals surface area contributed by atoms with Crippen LogP contribution in [0.5, 0.6) is 0 Å². The minimum Gasteiger partial charge on any atom is -0.352 e. The number of carbonyl (C=O) groups excluding carboxylic acids is 1. The SMILES string of the molecule is CSCCC(=O)N[C@@H]1CCCN(CC2CCCCC2)C1. The molecule has 116 valence electrons. The van der Waals surface area contributed by atoms with Gasteiger partial charge in [0.05, 0.1) is 0 Å². The topological polar surface area (TPSA) is 32.3 Å². The Kier molecular flexibility index (Phi) is 7.22. The molecule has 1 saturated heterocycles. The molecule has 3 nitrogen and oxygen atoms in total. The predicted octanol–water partition coefficient (Wildman–Crippen LogP) is 2.90. The number of thioether (sulfide) groups is 1. The first-order valence-electron chi connectivity index (χ1n) is 8.28. The van der Waals surface area contributed by atoms with E-state index in [2.05, 4.69) is 16.5 Å². The van der Waals surface area contributed by atoms with Gasteiger partial charge in [0.25, 0.3) is 0 Å². The highest BCUT2D eigenvalue weighted by atomic mass is 32.2. The molecule has 1 amide bonds. The van der Waals surface area contributed by atoms with E-state index >= 15 is 0 Å². The molecule has 2 aliphatic rings. The van der Waals surface area contributed by atoms with Crippen molar-refractivity contribution in [3.05, 3.63) is 0 Å². The summed E-state index contributed by atoms with van der Waals surface area (Å²) in [5.41, 5.74) is 0. The fourth-order valence-corrected chi connectivity index (χ4v) is 3.96. The summed E-state index contributed by atoms with van der Waals surface area (Å²) in [4.78, 5) is 14.4. The van der Waals surface area contributed by atoms with Crippen LogP contribution in [-0.2, 0) is 4.79 Å². The zero-order chi connectivity index (χ0) is 14.2. The molecule has 2 fully saturated rings. The first kappa shape index (κ1) is 16.2. The second kappa shape index (κ2) is 8.93. The van der Waals surface area contributed by atoms with Crippen molar-refractivity contribution in [2.24, 2.45) is 5.92 Å². The molecule has 2 rings (SSSR count). The summed E-state index contributed by atoms with van der Waals surface area (Å²) in [5, 5.41) is 3.23. The van der Waals surface area contributed by atoms with Gasteiger partial charge in [0.1, 0.15) is 0 Å². The Morgan fingerprint density at radius 1 is 1.20 bits per heavy atom. The van der Waals surface area contributed by atoms with Gasteiger partial charge in [-0.25, -0.2) is 0 Å². The monoisotopic (exact) mass is 298 g/mol. The smallest absolute Gasteiger partial charge is 0.221 e. The van der Waals surface area contributed by atoms with Crippen molar-refractivity contribution < 1.29 is 4.79 Å². The van der Waals surface area contributed by atoms with Gasteiger partial charge in [-0.2, -0.15) is 11.8 Å². The Balaban J connectivity index is 1.69. The third-order valence-electron chi connectivity index (χ3n) is 4.65. The molecular weight excluding hydrogens is 268 g/mol. The molecule has 0 radical (unpaired) electrons. The molecule has 1 atom stereocenters. The summed E-state index contributed by atoms with van der Waals surface area (Å²) in [6.45, 7) is 3.56. The average molecular weight is 298 g/mol. The van der Waals surface area contributed by atoms with Crippen LogP contribution >= 0.6 is 11.8 Å². The molecule has 1 heterocycles. The van der Waals surface area contributed by atoms with Crippen LogP contribution in [0.2, 0.25) is 0 Å². The molecule has 0 unspecified atom stereocenters. The Hall–Kier alpha value is -0.220. The van der Waals surface area contributed by atoms with Crippen LogP contribution in [0.3, 0.4) is 0 Å². The normalized spacial score (nSPS) is 25.6. The highest BCUT2D eigenvalue weighted by molar-refractivity contribution is 7.98. The lowest BCUT2D eigenvalue weighted by Gasteiger charge is -2.36. The summed E-state index contributed by atoms with van der Waals surface area (Å²) in [5.74, 6) is 2.09. The van der Waals surface area contributed by atoms with E-state index in [0.717, 1.165) is 24.6 Å². The van der Waals surface area contributed by atoms with E-state index in [1.807, 2.05) is 0 Å². The number of hydrogen-bond donors (Lipinski definition) is 1. The molecule has 0 aromatic heterocycles. The fraction of sp³-hybridized carbons (Fsp3) is 0.938. The Morgan fingerprint density at radius 2 is 2.00 bits per heavy atom. The number of hydrogen-bond acceptors (Lipinski definition) is 3. The minimum atomic E-state index is 0.240. The average Bonchev–Trinajstić information content (AvgIpc) is 2.46. The van der Waals surface area contributed by atoms with E-state index in [-0.39, 0.29) is 5.91 Å². The second-order valence-corrected chi connectivity index (χ2v) is 7.40. The number of amides is 1. The molecule has 1 saturated carbocycles. The number of nitrogens with zero attached hydrogens (tertiary/aromatic N) is 1. The van der Waals surface area contributed by atoms with E-state index in [9.17, 15) is 4.79 Å². The summed E-state index contributed by atoms with van der Waals surface area (Å²) >= 11 is 1.74. The van der Waals surface area contributed by atoms with Crippen LogP contribution in [0.15, 0.2) is 0 Å². The van der Waals surface area contributed by atoms with Gasteiger partial charge >= 0.3 is 0 Å². The van der Waals surface area contributed by atoms with E-state index < -0.39 is 0 Å². The van der Waals surface area contributed by atoms with Gasteiger partial charge in [0, 0.05) is 31.3 Å². The van der Waals surface area contributed by atoms with Gasteiger partial charge < -0.3 is 10.2 Å². The van der Waals surface area contributed by atoms with E-state index in [4.69, 9.17) is 0 Å². The van der Waals surface area contributed by atoms with Crippen molar-refractivity contribution in [1.82, 2.24) is 10.2 Å². The van der Waals surface area contributed by atoms with Crippen LogP contribution in [0, 0.1) is 5.92 Å². The van der Waals surface area contributed by atoms with E-state index in [0.29, 0.717) is 12.5 Å². The van der Waals surface area contributed by atoms with Crippen molar-refractivity contribution in [3.63, 3.8) is 0 Å². The van der Waals surface area contributed by atoms with Crippen molar-refractivity contribution in [3.8, 4) is 0 Å². The molecule has 0 aromatic rings. The zero-order valence-electron chi connectivity index (χ0n) is 12.9. The summed E-state index contributed by atoms with van der Waals surface area (Å²) in [6, 6.07) is 0.390. The Bertz CT molecular complexity index is 292. The number of carbonyl (C=O) groups is 1. The number of likely N-dealkylation sites (tertiary alicyclic amines) is 1. The lowest BCUT2D eigenvalue weighted by Crippen LogP contribution is -2.49. The van der Waals surface area contributed by atoms with Gasteiger partial charge in [-0.1, -0.05) is 19.3 Å².